The van der Waals surface area contributed by atoms with Gasteiger partial charge in [0.25, 0.3) is 0 Å². The number of phenolic OH excluding ortho intramolecular Hbond substituents is 1. The fourth-order valence-corrected chi connectivity index (χ4v) is 2.02. The molecular formula is C17H26O6. The van der Waals surface area contributed by atoms with Crippen LogP contribution in [0.25, 0.3) is 0 Å². The molecule has 0 amide bonds. The second-order valence-electron chi connectivity index (χ2n) is 5.22. The maximum atomic E-state index is 10.7. The van der Waals surface area contributed by atoms with E-state index in [9.17, 15) is 9.90 Å². The first-order chi connectivity index (χ1) is 11.1. The minimum atomic E-state index is -1.49. The lowest BCUT2D eigenvalue weighted by Gasteiger charge is -2.15. The quantitative estimate of drug-likeness (QED) is 0.351. The molecule has 2 N–H and O–H groups in total. The van der Waals surface area contributed by atoms with Crippen LogP contribution in [0.5, 0.6) is 23.0 Å². The molecule has 0 radical (unpaired) electrons. The maximum absolute atomic E-state index is 10.7. The zero-order valence-corrected chi connectivity index (χ0v) is 13.8. The summed E-state index contributed by atoms with van der Waals surface area (Å²) in [5.74, 6) is 0.0185. The molecule has 0 saturated carbocycles. The van der Waals surface area contributed by atoms with E-state index >= 15 is 0 Å². The third kappa shape index (κ3) is 6.67. The summed E-state index contributed by atoms with van der Waals surface area (Å²) in [6.07, 6.45) is 4.46. The molecule has 0 atom stereocenters. The lowest BCUT2D eigenvalue weighted by Crippen LogP contribution is -2.06. The van der Waals surface area contributed by atoms with Crippen LogP contribution in [-0.2, 0) is 0 Å². The molecule has 0 bridgehead atoms. The molecule has 0 aromatic heterocycles. The fraction of sp³-hybridized carbons (Fsp3) is 0.588. The number of carboxylic acid groups (broad SMARTS) is 1. The smallest absolute Gasteiger partial charge is 0.502 e. The summed E-state index contributed by atoms with van der Waals surface area (Å²) in [4.78, 5) is 10.7. The summed E-state index contributed by atoms with van der Waals surface area (Å²) in [5.41, 5.74) is 0. The standard InChI is InChI=1S/C17H26O6/c1-3-5-7-11-21-14-10-9-13(23-17(19)20)15(18)16(14)22-12-8-6-4-2/h9-10,18H,3-8,11-12H2,1-2H3,(H,19,20). The van der Waals surface area contributed by atoms with E-state index in [1.54, 1.807) is 6.07 Å². The van der Waals surface area contributed by atoms with Crippen LogP contribution in [0.1, 0.15) is 52.4 Å². The number of phenols is 1. The van der Waals surface area contributed by atoms with Gasteiger partial charge in [-0.25, -0.2) is 4.79 Å². The molecule has 0 aliphatic carbocycles. The second kappa shape index (κ2) is 10.6. The van der Waals surface area contributed by atoms with Gasteiger partial charge in [0, 0.05) is 0 Å². The Labute approximate surface area is 137 Å². The van der Waals surface area contributed by atoms with Gasteiger partial charge >= 0.3 is 6.16 Å². The number of carbonyl (C=O) groups is 1. The van der Waals surface area contributed by atoms with Crippen LogP contribution < -0.4 is 14.2 Å². The van der Waals surface area contributed by atoms with E-state index in [2.05, 4.69) is 18.6 Å². The van der Waals surface area contributed by atoms with E-state index in [1.807, 2.05) is 0 Å². The van der Waals surface area contributed by atoms with Crippen molar-refractivity contribution in [2.45, 2.75) is 52.4 Å². The van der Waals surface area contributed by atoms with Gasteiger partial charge in [0.15, 0.2) is 11.5 Å². The van der Waals surface area contributed by atoms with Crippen LogP contribution >= 0.6 is 0 Å². The van der Waals surface area contributed by atoms with Gasteiger partial charge in [0.05, 0.1) is 13.2 Å². The van der Waals surface area contributed by atoms with Crippen molar-refractivity contribution in [3.63, 3.8) is 0 Å². The Hall–Kier alpha value is -2.11. The zero-order chi connectivity index (χ0) is 17.1. The molecule has 6 heteroatoms. The average molecular weight is 326 g/mol. The average Bonchev–Trinajstić information content (AvgIpc) is 2.52. The van der Waals surface area contributed by atoms with Gasteiger partial charge in [-0.05, 0) is 25.0 Å². The van der Waals surface area contributed by atoms with Crippen molar-refractivity contribution in [1.82, 2.24) is 0 Å². The molecule has 0 saturated heterocycles. The largest absolute Gasteiger partial charge is 0.511 e. The molecular weight excluding hydrogens is 300 g/mol. The molecule has 130 valence electrons. The first-order valence-electron chi connectivity index (χ1n) is 8.12. The highest BCUT2D eigenvalue weighted by atomic mass is 16.7. The number of rotatable bonds is 11. The monoisotopic (exact) mass is 326 g/mol. The summed E-state index contributed by atoms with van der Waals surface area (Å²) in [6, 6.07) is 2.91. The van der Waals surface area contributed by atoms with Crippen molar-refractivity contribution in [3.8, 4) is 23.0 Å². The van der Waals surface area contributed by atoms with Gasteiger partial charge in [-0.15, -0.1) is 0 Å². The lowest BCUT2D eigenvalue weighted by molar-refractivity contribution is 0.142. The van der Waals surface area contributed by atoms with Crippen LogP contribution in [0.2, 0.25) is 0 Å². The minimum Gasteiger partial charge on any atom is -0.502 e. The predicted octanol–water partition coefficient (Wildman–Crippen LogP) is 4.59. The van der Waals surface area contributed by atoms with Crippen LogP contribution in [-0.4, -0.2) is 29.6 Å². The Morgan fingerprint density at radius 2 is 1.52 bits per heavy atom. The lowest BCUT2D eigenvalue weighted by atomic mass is 10.2. The first-order valence-corrected chi connectivity index (χ1v) is 8.12. The van der Waals surface area contributed by atoms with Crippen LogP contribution in [0.3, 0.4) is 0 Å². The summed E-state index contributed by atoms with van der Waals surface area (Å²) in [7, 11) is 0. The number of hydrogen-bond acceptors (Lipinski definition) is 5. The highest BCUT2D eigenvalue weighted by Crippen LogP contribution is 2.43. The second-order valence-corrected chi connectivity index (χ2v) is 5.22. The number of hydrogen-bond donors (Lipinski definition) is 2. The Balaban J connectivity index is 2.84. The van der Waals surface area contributed by atoms with Crippen molar-refractivity contribution in [2.24, 2.45) is 0 Å². The van der Waals surface area contributed by atoms with E-state index in [0.29, 0.717) is 19.0 Å². The van der Waals surface area contributed by atoms with Crippen molar-refractivity contribution < 1.29 is 29.2 Å². The van der Waals surface area contributed by atoms with E-state index in [0.717, 1.165) is 38.5 Å². The van der Waals surface area contributed by atoms with Gasteiger partial charge in [0.1, 0.15) is 0 Å². The molecule has 0 heterocycles. The summed E-state index contributed by atoms with van der Waals surface area (Å²) in [5, 5.41) is 18.9. The molecule has 0 aliphatic heterocycles. The molecule has 0 fully saturated rings. The van der Waals surface area contributed by atoms with Crippen molar-refractivity contribution in [1.29, 1.82) is 0 Å². The third-order valence-electron chi connectivity index (χ3n) is 3.26. The normalized spacial score (nSPS) is 10.3. The van der Waals surface area contributed by atoms with E-state index < -0.39 is 6.16 Å². The Bertz CT molecular complexity index is 486. The molecule has 23 heavy (non-hydrogen) atoms. The van der Waals surface area contributed by atoms with Gasteiger partial charge < -0.3 is 24.4 Å². The van der Waals surface area contributed by atoms with Gasteiger partial charge in [-0.2, -0.15) is 0 Å². The molecule has 0 spiro atoms. The Morgan fingerprint density at radius 1 is 0.957 bits per heavy atom. The molecule has 1 aromatic rings. The van der Waals surface area contributed by atoms with Crippen molar-refractivity contribution in [2.75, 3.05) is 13.2 Å². The van der Waals surface area contributed by atoms with Crippen LogP contribution in [0.4, 0.5) is 4.79 Å². The fourth-order valence-electron chi connectivity index (χ4n) is 2.02. The van der Waals surface area contributed by atoms with Crippen LogP contribution in [0, 0.1) is 0 Å². The number of aromatic hydroxyl groups is 1. The van der Waals surface area contributed by atoms with E-state index in [4.69, 9.17) is 14.6 Å². The number of ether oxygens (including phenoxy) is 3. The molecule has 0 unspecified atom stereocenters. The highest BCUT2D eigenvalue weighted by molar-refractivity contribution is 5.66. The van der Waals surface area contributed by atoms with Gasteiger partial charge in [-0.3, -0.25) is 0 Å². The zero-order valence-electron chi connectivity index (χ0n) is 13.8. The van der Waals surface area contributed by atoms with Gasteiger partial charge in [-0.1, -0.05) is 39.5 Å². The first kappa shape index (κ1) is 18.9. The molecule has 0 aliphatic rings. The van der Waals surface area contributed by atoms with Crippen molar-refractivity contribution in [3.05, 3.63) is 12.1 Å². The minimum absolute atomic E-state index is 0.136. The van der Waals surface area contributed by atoms with E-state index in [1.165, 1.54) is 6.07 Å². The number of benzene rings is 1. The summed E-state index contributed by atoms with van der Waals surface area (Å²) in [6.45, 7) is 5.12. The number of unbranched alkanes of at least 4 members (excludes halogenated alkanes) is 4. The van der Waals surface area contributed by atoms with Crippen molar-refractivity contribution >= 4 is 6.16 Å². The highest BCUT2D eigenvalue weighted by Gasteiger charge is 2.18. The van der Waals surface area contributed by atoms with Crippen LogP contribution in [0.15, 0.2) is 12.1 Å². The molecule has 1 aromatic carbocycles. The molecule has 1 rings (SSSR count). The summed E-state index contributed by atoms with van der Waals surface area (Å²) < 4.78 is 15.8. The van der Waals surface area contributed by atoms with Gasteiger partial charge in [0.2, 0.25) is 11.5 Å². The predicted molar refractivity (Wildman–Crippen MR) is 86.8 cm³/mol. The Kier molecular flexibility index (Phi) is 8.72. The molecule has 6 nitrogen and oxygen atoms in total. The van der Waals surface area contributed by atoms with E-state index in [-0.39, 0.29) is 17.2 Å². The maximum Gasteiger partial charge on any atom is 0.511 e. The Morgan fingerprint density at radius 3 is 2.09 bits per heavy atom. The summed E-state index contributed by atoms with van der Waals surface area (Å²) >= 11 is 0. The third-order valence-corrected chi connectivity index (χ3v) is 3.26. The SMILES string of the molecule is CCCCCOc1ccc(OC(=O)O)c(O)c1OCCCCC. The topological polar surface area (TPSA) is 85.2 Å².